The fourth-order valence-electron chi connectivity index (χ4n) is 1.41. The van der Waals surface area contributed by atoms with Gasteiger partial charge >= 0.3 is 0 Å². The molecule has 0 fully saturated rings. The van der Waals surface area contributed by atoms with Gasteiger partial charge in [-0.05, 0) is 31.5 Å². The van der Waals surface area contributed by atoms with Crippen molar-refractivity contribution in [3.8, 4) is 5.75 Å². The summed E-state index contributed by atoms with van der Waals surface area (Å²) < 4.78 is 5.39. The summed E-state index contributed by atoms with van der Waals surface area (Å²) in [7, 11) is 0. The molecule has 1 amide bonds. The Morgan fingerprint density at radius 3 is 2.62 bits per heavy atom. The van der Waals surface area contributed by atoms with Gasteiger partial charge in [0.2, 0.25) is 0 Å². The summed E-state index contributed by atoms with van der Waals surface area (Å²) in [4.78, 5) is 11.3. The third-order valence-electron chi connectivity index (χ3n) is 2.11. The van der Waals surface area contributed by atoms with Crippen LogP contribution in [0.15, 0.2) is 12.1 Å². The van der Waals surface area contributed by atoms with E-state index in [2.05, 4.69) is 5.32 Å². The first kappa shape index (κ1) is 12.8. The van der Waals surface area contributed by atoms with Gasteiger partial charge in [-0.25, -0.2) is 0 Å². The van der Waals surface area contributed by atoms with Crippen LogP contribution >= 0.6 is 11.6 Å². The third-order valence-corrected chi connectivity index (χ3v) is 2.39. The van der Waals surface area contributed by atoms with E-state index >= 15 is 0 Å². The molecule has 1 aliphatic heterocycles. The molecule has 16 heavy (non-hydrogen) atoms. The Morgan fingerprint density at radius 1 is 1.38 bits per heavy atom. The molecule has 0 aromatic heterocycles. The van der Waals surface area contributed by atoms with E-state index in [-0.39, 0.29) is 5.91 Å². The first-order valence-electron chi connectivity index (χ1n) is 5.35. The predicted octanol–water partition coefficient (Wildman–Crippen LogP) is 3.39. The Labute approximate surface area is 101 Å². The molecule has 1 aromatic rings. The van der Waals surface area contributed by atoms with E-state index < -0.39 is 6.10 Å². The molecular formula is C12H16ClNO2. The Morgan fingerprint density at radius 2 is 2.00 bits per heavy atom. The highest BCUT2D eigenvalue weighted by Gasteiger charge is 2.25. The van der Waals surface area contributed by atoms with Crippen LogP contribution in [0.4, 0.5) is 5.69 Å². The van der Waals surface area contributed by atoms with Crippen molar-refractivity contribution >= 4 is 23.2 Å². The summed E-state index contributed by atoms with van der Waals surface area (Å²) >= 11 is 5.98. The van der Waals surface area contributed by atoms with Gasteiger partial charge in [-0.3, -0.25) is 4.79 Å². The smallest absolute Gasteiger partial charge is 0.265 e. The van der Waals surface area contributed by atoms with Crippen LogP contribution in [0, 0.1) is 6.92 Å². The van der Waals surface area contributed by atoms with Gasteiger partial charge in [0, 0.05) is 0 Å². The molecule has 1 unspecified atom stereocenters. The second-order valence-electron chi connectivity index (χ2n) is 3.37. The molecule has 1 aliphatic rings. The minimum Gasteiger partial charge on any atom is -0.477 e. The van der Waals surface area contributed by atoms with Crippen molar-refractivity contribution < 1.29 is 9.53 Å². The Kier molecular flexibility index (Phi) is 4.19. The lowest BCUT2D eigenvalue weighted by Gasteiger charge is -2.24. The number of hydrogen-bond donors (Lipinski definition) is 1. The van der Waals surface area contributed by atoms with E-state index in [9.17, 15) is 4.79 Å². The van der Waals surface area contributed by atoms with Gasteiger partial charge in [-0.1, -0.05) is 25.4 Å². The first-order valence-corrected chi connectivity index (χ1v) is 5.73. The molecule has 88 valence electrons. The lowest BCUT2D eigenvalue weighted by Crippen LogP contribution is -2.34. The monoisotopic (exact) mass is 241 g/mol. The summed E-state index contributed by atoms with van der Waals surface area (Å²) in [6.45, 7) is 7.60. The van der Waals surface area contributed by atoms with Crippen LogP contribution < -0.4 is 10.1 Å². The quantitative estimate of drug-likeness (QED) is 0.756. The van der Waals surface area contributed by atoms with Crippen LogP contribution in [-0.2, 0) is 4.79 Å². The van der Waals surface area contributed by atoms with Crippen LogP contribution in [-0.4, -0.2) is 12.0 Å². The number of rotatable bonds is 0. The van der Waals surface area contributed by atoms with E-state index in [1.54, 1.807) is 6.92 Å². The van der Waals surface area contributed by atoms with Crippen molar-refractivity contribution in [3.63, 3.8) is 0 Å². The maximum atomic E-state index is 11.3. The maximum absolute atomic E-state index is 11.3. The molecule has 0 saturated heterocycles. The lowest BCUT2D eigenvalue weighted by molar-refractivity contribution is -0.122. The van der Waals surface area contributed by atoms with Crippen molar-refractivity contribution in [1.29, 1.82) is 0 Å². The summed E-state index contributed by atoms with van der Waals surface area (Å²) in [5, 5.41) is 3.28. The van der Waals surface area contributed by atoms with E-state index in [0.717, 1.165) is 5.56 Å². The van der Waals surface area contributed by atoms with Gasteiger partial charge in [0.15, 0.2) is 11.9 Å². The zero-order valence-corrected chi connectivity index (χ0v) is 10.7. The fraction of sp³-hybridized carbons (Fsp3) is 0.417. The number of carbonyl (C=O) groups excluding carboxylic acids is 1. The van der Waals surface area contributed by atoms with Crippen LogP contribution in [0.3, 0.4) is 0 Å². The Bertz CT molecular complexity index is 404. The highest BCUT2D eigenvalue weighted by molar-refractivity contribution is 6.33. The van der Waals surface area contributed by atoms with E-state index in [4.69, 9.17) is 16.3 Å². The Hall–Kier alpha value is -1.22. The lowest BCUT2D eigenvalue weighted by atomic mass is 10.1. The van der Waals surface area contributed by atoms with Crippen molar-refractivity contribution in [3.05, 3.63) is 22.7 Å². The summed E-state index contributed by atoms with van der Waals surface area (Å²) in [6.07, 6.45) is -0.484. The summed E-state index contributed by atoms with van der Waals surface area (Å²) in [5.74, 6) is 0.420. The standard InChI is InChI=1S/C10H10ClNO2.C2H6/c1-5-3-7(11)9-8(4-5)12-10(13)6(2)14-9;1-2/h3-4,6H,1-2H3,(H,12,13);1-2H3. The second kappa shape index (κ2) is 5.21. The first-order chi connectivity index (χ1) is 7.58. The van der Waals surface area contributed by atoms with Gasteiger partial charge in [-0.15, -0.1) is 0 Å². The Balaban J connectivity index is 0.000000606. The van der Waals surface area contributed by atoms with Crippen molar-refractivity contribution in [2.45, 2.75) is 33.8 Å². The zero-order chi connectivity index (χ0) is 12.3. The zero-order valence-electron chi connectivity index (χ0n) is 9.93. The molecule has 2 rings (SSSR count). The molecule has 0 aliphatic carbocycles. The van der Waals surface area contributed by atoms with Crippen LogP contribution in [0.5, 0.6) is 5.75 Å². The van der Waals surface area contributed by atoms with Crippen LogP contribution in [0.2, 0.25) is 5.02 Å². The normalized spacial score (nSPS) is 17.6. The number of hydrogen-bond acceptors (Lipinski definition) is 2. The third kappa shape index (κ3) is 2.47. The molecule has 0 saturated carbocycles. The average Bonchev–Trinajstić information content (AvgIpc) is 2.24. The number of halogens is 1. The van der Waals surface area contributed by atoms with E-state index in [1.807, 2.05) is 32.9 Å². The number of amides is 1. The maximum Gasteiger partial charge on any atom is 0.265 e. The minimum atomic E-state index is -0.484. The predicted molar refractivity (Wildman–Crippen MR) is 66.3 cm³/mol. The molecule has 1 N–H and O–H groups in total. The van der Waals surface area contributed by atoms with Crippen molar-refractivity contribution in [2.24, 2.45) is 0 Å². The van der Waals surface area contributed by atoms with E-state index in [1.165, 1.54) is 0 Å². The largest absolute Gasteiger partial charge is 0.477 e. The molecule has 0 spiro atoms. The van der Waals surface area contributed by atoms with Gasteiger partial charge in [0.1, 0.15) is 0 Å². The molecule has 1 aromatic carbocycles. The molecule has 1 heterocycles. The highest BCUT2D eigenvalue weighted by atomic mass is 35.5. The van der Waals surface area contributed by atoms with Crippen LogP contribution in [0.1, 0.15) is 26.3 Å². The molecule has 0 radical (unpaired) electrons. The number of anilines is 1. The van der Waals surface area contributed by atoms with Crippen LogP contribution in [0.25, 0.3) is 0 Å². The number of nitrogens with one attached hydrogen (secondary N) is 1. The number of carbonyl (C=O) groups is 1. The minimum absolute atomic E-state index is 0.140. The van der Waals surface area contributed by atoms with Gasteiger partial charge in [0.25, 0.3) is 5.91 Å². The van der Waals surface area contributed by atoms with Gasteiger partial charge in [0.05, 0.1) is 10.7 Å². The molecule has 1 atom stereocenters. The number of benzene rings is 1. The van der Waals surface area contributed by atoms with E-state index in [0.29, 0.717) is 16.5 Å². The average molecular weight is 242 g/mol. The fourth-order valence-corrected chi connectivity index (χ4v) is 1.72. The topological polar surface area (TPSA) is 38.3 Å². The molecule has 0 bridgehead atoms. The SMILES string of the molecule is CC.Cc1cc(Cl)c2c(c1)NC(=O)C(C)O2. The number of fused-ring (bicyclic) bond motifs is 1. The van der Waals surface area contributed by atoms with Gasteiger partial charge < -0.3 is 10.1 Å². The summed E-state index contributed by atoms with van der Waals surface area (Å²) in [5.41, 5.74) is 1.64. The molecule has 3 nitrogen and oxygen atoms in total. The summed E-state index contributed by atoms with van der Waals surface area (Å²) in [6, 6.07) is 3.65. The second-order valence-corrected chi connectivity index (χ2v) is 3.78. The van der Waals surface area contributed by atoms with Gasteiger partial charge in [-0.2, -0.15) is 0 Å². The van der Waals surface area contributed by atoms with Crippen molar-refractivity contribution in [1.82, 2.24) is 0 Å². The van der Waals surface area contributed by atoms with Crippen molar-refractivity contribution in [2.75, 3.05) is 5.32 Å². The molecule has 4 heteroatoms. The molecular weight excluding hydrogens is 226 g/mol. The number of ether oxygens (including phenoxy) is 1. The highest BCUT2D eigenvalue weighted by Crippen LogP contribution is 2.37. The number of aryl methyl sites for hydroxylation is 1.